The summed E-state index contributed by atoms with van der Waals surface area (Å²) in [5.74, 6) is 0.582. The smallest absolute Gasteiger partial charge is 0.166 e. The van der Waals surface area contributed by atoms with Gasteiger partial charge in [0.2, 0.25) is 0 Å². The summed E-state index contributed by atoms with van der Waals surface area (Å²) in [6, 6.07) is 14.2. The molecule has 3 aromatic rings. The van der Waals surface area contributed by atoms with Gasteiger partial charge in [0.15, 0.2) is 0 Å². The van der Waals surface area contributed by atoms with Crippen molar-refractivity contribution in [3.8, 4) is 11.1 Å². The van der Waals surface area contributed by atoms with Crippen LogP contribution in [0.4, 0.5) is 13.2 Å². The third-order valence-electron chi connectivity index (χ3n) is 4.97. The summed E-state index contributed by atoms with van der Waals surface area (Å²) in [4.78, 5) is 0. The summed E-state index contributed by atoms with van der Waals surface area (Å²) < 4.78 is 38.3. The molecule has 0 aliphatic heterocycles. The van der Waals surface area contributed by atoms with Crippen LogP contribution in [0.5, 0.6) is 0 Å². The van der Waals surface area contributed by atoms with Gasteiger partial charge < -0.3 is 0 Å². The lowest BCUT2D eigenvalue weighted by atomic mass is 9.87. The Balaban J connectivity index is 1.88. The topological polar surface area (TPSA) is 0 Å². The monoisotopic (exact) mass is 388 g/mol. The Kier molecular flexibility index (Phi) is 5.75. The van der Waals surface area contributed by atoms with Crippen LogP contribution in [0.25, 0.3) is 11.1 Å². The lowest BCUT2D eigenvalue weighted by Gasteiger charge is -2.18. The molecule has 1 atom stereocenters. The van der Waals surface area contributed by atoms with E-state index in [0.717, 1.165) is 12.0 Å². The lowest BCUT2D eigenvalue weighted by Crippen LogP contribution is -2.06. The van der Waals surface area contributed by atoms with Gasteiger partial charge >= 0.3 is 6.18 Å². The first-order valence-electron chi connectivity index (χ1n) is 9.08. The van der Waals surface area contributed by atoms with E-state index in [9.17, 15) is 13.2 Å². The van der Waals surface area contributed by atoms with Crippen LogP contribution in [-0.4, -0.2) is 0 Å². The summed E-state index contributed by atoms with van der Waals surface area (Å²) in [6.45, 7) is 6.42. The van der Waals surface area contributed by atoms with Crippen LogP contribution in [0.3, 0.4) is 0 Å². The van der Waals surface area contributed by atoms with E-state index in [4.69, 9.17) is 0 Å². The van der Waals surface area contributed by atoms with Crippen LogP contribution in [0.2, 0.25) is 0 Å². The number of alkyl halides is 3. The van der Waals surface area contributed by atoms with Gasteiger partial charge in [0.1, 0.15) is 0 Å². The first-order valence-corrected chi connectivity index (χ1v) is 10.0. The van der Waals surface area contributed by atoms with E-state index in [1.54, 1.807) is 23.5 Å². The molecule has 0 saturated carbocycles. The van der Waals surface area contributed by atoms with Gasteiger partial charge in [-0.05, 0) is 75.0 Å². The average Bonchev–Trinajstić information content (AvgIpc) is 3.15. The fraction of sp³-hybridized carbons (Fsp3) is 0.304. The molecule has 0 nitrogen and oxygen atoms in total. The average molecular weight is 388 g/mol. The van der Waals surface area contributed by atoms with Crippen molar-refractivity contribution in [3.05, 3.63) is 81.5 Å². The minimum atomic E-state index is -4.29. The minimum absolute atomic E-state index is 0.134. The molecule has 142 valence electrons. The quantitative estimate of drug-likeness (QED) is 0.417. The predicted molar refractivity (Wildman–Crippen MR) is 107 cm³/mol. The van der Waals surface area contributed by atoms with Gasteiger partial charge in [-0.1, -0.05) is 51.1 Å². The summed E-state index contributed by atoms with van der Waals surface area (Å²) in [6.07, 6.45) is -3.50. The number of thiophene rings is 1. The van der Waals surface area contributed by atoms with Crippen molar-refractivity contribution in [2.45, 2.75) is 45.2 Å². The van der Waals surface area contributed by atoms with Crippen molar-refractivity contribution in [1.82, 2.24) is 0 Å². The Morgan fingerprint density at radius 1 is 0.889 bits per heavy atom. The van der Waals surface area contributed by atoms with Crippen LogP contribution >= 0.6 is 11.3 Å². The third kappa shape index (κ3) is 4.62. The molecule has 4 heteroatoms. The molecule has 0 aliphatic rings. The molecule has 0 aliphatic carbocycles. The highest BCUT2D eigenvalue weighted by Crippen LogP contribution is 2.34. The second-order valence-electron chi connectivity index (χ2n) is 7.31. The van der Waals surface area contributed by atoms with Crippen LogP contribution in [0.1, 0.15) is 54.9 Å². The number of benzene rings is 2. The van der Waals surface area contributed by atoms with Crippen molar-refractivity contribution in [3.63, 3.8) is 0 Å². The maximum Gasteiger partial charge on any atom is 0.416 e. The Labute approximate surface area is 162 Å². The lowest BCUT2D eigenvalue weighted by molar-refractivity contribution is -0.137. The molecule has 0 N–H and O–H groups in total. The van der Waals surface area contributed by atoms with Crippen LogP contribution in [-0.2, 0) is 12.6 Å². The van der Waals surface area contributed by atoms with Gasteiger partial charge in [-0.3, -0.25) is 0 Å². The maximum atomic E-state index is 12.8. The number of hydrogen-bond acceptors (Lipinski definition) is 1. The Morgan fingerprint density at radius 2 is 1.56 bits per heavy atom. The second-order valence-corrected chi connectivity index (χ2v) is 8.09. The molecule has 0 amide bonds. The van der Waals surface area contributed by atoms with Crippen LogP contribution in [0, 0.1) is 0 Å². The van der Waals surface area contributed by atoms with Gasteiger partial charge in [-0.25, -0.2) is 0 Å². The van der Waals surface area contributed by atoms with Crippen molar-refractivity contribution >= 4 is 11.3 Å². The predicted octanol–water partition coefficient (Wildman–Crippen LogP) is 7.90. The molecule has 3 rings (SSSR count). The van der Waals surface area contributed by atoms with E-state index in [1.807, 2.05) is 0 Å². The van der Waals surface area contributed by atoms with Crippen LogP contribution < -0.4 is 0 Å². The molecular formula is C23H23F3S. The summed E-state index contributed by atoms with van der Waals surface area (Å²) in [5.41, 5.74) is 5.27. The first kappa shape index (κ1) is 19.7. The Bertz CT molecular complexity index is 875. The zero-order chi connectivity index (χ0) is 19.6. The molecule has 0 bridgehead atoms. The molecule has 0 saturated heterocycles. The summed E-state index contributed by atoms with van der Waals surface area (Å²) in [7, 11) is 0. The molecule has 27 heavy (non-hydrogen) atoms. The van der Waals surface area contributed by atoms with Gasteiger partial charge in [0, 0.05) is 0 Å². The van der Waals surface area contributed by atoms with Crippen molar-refractivity contribution < 1.29 is 13.2 Å². The van der Waals surface area contributed by atoms with E-state index in [0.29, 0.717) is 5.92 Å². The van der Waals surface area contributed by atoms with E-state index >= 15 is 0 Å². The molecular weight excluding hydrogens is 365 g/mol. The first-order chi connectivity index (χ1) is 12.8. The zero-order valence-electron chi connectivity index (χ0n) is 15.7. The molecule has 0 fully saturated rings. The van der Waals surface area contributed by atoms with Crippen molar-refractivity contribution in [2.24, 2.45) is 0 Å². The summed E-state index contributed by atoms with van der Waals surface area (Å²) >= 11 is 1.67. The van der Waals surface area contributed by atoms with Gasteiger partial charge in [0.25, 0.3) is 0 Å². The van der Waals surface area contributed by atoms with E-state index in [2.05, 4.69) is 55.8 Å². The van der Waals surface area contributed by atoms with E-state index in [1.165, 1.54) is 34.4 Å². The molecule has 0 radical (unpaired) electrons. The van der Waals surface area contributed by atoms with Gasteiger partial charge in [-0.15, -0.1) is 0 Å². The number of halogens is 3. The Morgan fingerprint density at radius 3 is 2.11 bits per heavy atom. The van der Waals surface area contributed by atoms with Crippen molar-refractivity contribution in [2.75, 3.05) is 0 Å². The standard InChI is InChI=1S/C23H23F3S/c1-15(2)18-4-5-19(22(13-18)20-10-11-27-14-20)12-16(3)17-6-8-21(9-7-17)23(24,25)26/h4-11,13-16H,12H2,1-3H3. The fourth-order valence-corrected chi connectivity index (χ4v) is 3.92. The molecule has 2 aromatic carbocycles. The highest BCUT2D eigenvalue weighted by molar-refractivity contribution is 7.08. The molecule has 1 aromatic heterocycles. The van der Waals surface area contributed by atoms with E-state index in [-0.39, 0.29) is 5.92 Å². The number of hydrogen-bond donors (Lipinski definition) is 0. The highest BCUT2D eigenvalue weighted by Gasteiger charge is 2.30. The SMILES string of the molecule is CC(C)c1ccc(CC(C)c2ccc(C(F)(F)F)cc2)c(-c2ccsc2)c1. The molecule has 1 unspecified atom stereocenters. The molecule has 1 heterocycles. The second kappa shape index (κ2) is 7.89. The van der Waals surface area contributed by atoms with Crippen molar-refractivity contribution in [1.29, 1.82) is 0 Å². The maximum absolute atomic E-state index is 12.8. The highest BCUT2D eigenvalue weighted by atomic mass is 32.1. The zero-order valence-corrected chi connectivity index (χ0v) is 16.5. The fourth-order valence-electron chi connectivity index (χ4n) is 3.27. The third-order valence-corrected chi connectivity index (χ3v) is 5.65. The Hall–Kier alpha value is -2.07. The summed E-state index contributed by atoms with van der Waals surface area (Å²) in [5, 5.41) is 4.21. The normalized spacial score (nSPS) is 13.1. The van der Waals surface area contributed by atoms with Gasteiger partial charge in [0.05, 0.1) is 5.56 Å². The van der Waals surface area contributed by atoms with E-state index < -0.39 is 11.7 Å². The number of rotatable bonds is 5. The minimum Gasteiger partial charge on any atom is -0.166 e. The largest absolute Gasteiger partial charge is 0.416 e. The molecule has 0 spiro atoms. The van der Waals surface area contributed by atoms with Gasteiger partial charge in [-0.2, -0.15) is 24.5 Å². The van der Waals surface area contributed by atoms with Crippen LogP contribution in [0.15, 0.2) is 59.3 Å².